The first-order chi connectivity index (χ1) is 8.84. The van der Waals surface area contributed by atoms with E-state index in [2.05, 4.69) is 33.3 Å². The van der Waals surface area contributed by atoms with Gasteiger partial charge in [-0.2, -0.15) is 5.10 Å². The van der Waals surface area contributed by atoms with Crippen LogP contribution >= 0.6 is 0 Å². The van der Waals surface area contributed by atoms with E-state index in [4.69, 9.17) is 0 Å². The maximum Gasteiger partial charge on any atom is 0.115 e. The van der Waals surface area contributed by atoms with Gasteiger partial charge in [0.2, 0.25) is 0 Å². The average Bonchev–Trinajstić information content (AvgIpc) is 2.86. The van der Waals surface area contributed by atoms with Gasteiger partial charge >= 0.3 is 0 Å². The number of rotatable bonds is 2. The summed E-state index contributed by atoms with van der Waals surface area (Å²) in [4.78, 5) is 8.08. The van der Waals surface area contributed by atoms with Crippen LogP contribution in [0.15, 0.2) is 55.2 Å². The molecule has 3 rings (SSSR count). The Morgan fingerprint density at radius 3 is 2.44 bits per heavy atom. The fourth-order valence-electron chi connectivity index (χ4n) is 1.96. The Morgan fingerprint density at radius 2 is 1.72 bits per heavy atom. The van der Waals surface area contributed by atoms with Gasteiger partial charge in [0, 0.05) is 36.8 Å². The van der Waals surface area contributed by atoms with Crippen molar-refractivity contribution in [3.63, 3.8) is 0 Å². The molecule has 4 heteroatoms. The van der Waals surface area contributed by atoms with Crippen molar-refractivity contribution in [1.82, 2.24) is 19.7 Å². The molecule has 0 aliphatic rings. The summed E-state index contributed by atoms with van der Waals surface area (Å²) in [7, 11) is 1.94. The van der Waals surface area contributed by atoms with Crippen molar-refractivity contribution in [3.05, 3.63) is 55.2 Å². The predicted octanol–water partition coefficient (Wildman–Crippen LogP) is 2.54. The van der Waals surface area contributed by atoms with E-state index in [0.717, 1.165) is 22.4 Å². The van der Waals surface area contributed by atoms with Crippen LogP contribution in [0.2, 0.25) is 0 Å². The summed E-state index contributed by atoms with van der Waals surface area (Å²) in [5, 5.41) is 4.19. The molecule has 0 saturated carbocycles. The first-order valence-electron chi connectivity index (χ1n) is 5.68. The van der Waals surface area contributed by atoms with E-state index in [9.17, 15) is 0 Å². The van der Waals surface area contributed by atoms with Crippen LogP contribution in [0.25, 0.3) is 22.4 Å². The minimum absolute atomic E-state index is 1.02. The standard InChI is InChI=1S/C14H12N4/c1-18-14(5-6-17-18)12-4-2-3-11(7-12)13-8-15-10-16-9-13/h2-10H,1H3. The van der Waals surface area contributed by atoms with Gasteiger partial charge in [-0.3, -0.25) is 4.68 Å². The lowest BCUT2D eigenvalue weighted by Gasteiger charge is -2.05. The number of hydrogen-bond acceptors (Lipinski definition) is 3. The Labute approximate surface area is 105 Å². The molecule has 1 aromatic carbocycles. The monoisotopic (exact) mass is 236 g/mol. The second-order valence-electron chi connectivity index (χ2n) is 4.05. The minimum atomic E-state index is 1.02. The lowest BCUT2D eigenvalue weighted by molar-refractivity contribution is 0.776. The Kier molecular flexibility index (Phi) is 2.61. The van der Waals surface area contributed by atoms with Crippen LogP contribution < -0.4 is 0 Å². The summed E-state index contributed by atoms with van der Waals surface area (Å²) >= 11 is 0. The maximum absolute atomic E-state index is 4.19. The first kappa shape index (κ1) is 10.7. The lowest BCUT2D eigenvalue weighted by Crippen LogP contribution is -1.93. The molecule has 4 nitrogen and oxygen atoms in total. The third kappa shape index (κ3) is 1.88. The van der Waals surface area contributed by atoms with E-state index in [1.165, 1.54) is 6.33 Å². The topological polar surface area (TPSA) is 43.6 Å². The van der Waals surface area contributed by atoms with Crippen LogP contribution in [-0.2, 0) is 7.05 Å². The second kappa shape index (κ2) is 4.41. The molecule has 0 aliphatic heterocycles. The molecule has 18 heavy (non-hydrogen) atoms. The summed E-state index contributed by atoms with van der Waals surface area (Å²) in [6.07, 6.45) is 6.97. The fraction of sp³-hybridized carbons (Fsp3) is 0.0714. The summed E-state index contributed by atoms with van der Waals surface area (Å²) in [6, 6.07) is 10.3. The van der Waals surface area contributed by atoms with Gasteiger partial charge in [0.25, 0.3) is 0 Å². The van der Waals surface area contributed by atoms with Gasteiger partial charge in [0.05, 0.1) is 5.69 Å². The van der Waals surface area contributed by atoms with Crippen molar-refractivity contribution >= 4 is 0 Å². The molecule has 0 amide bonds. The minimum Gasteiger partial charge on any atom is -0.268 e. The third-order valence-electron chi connectivity index (χ3n) is 2.87. The Bertz CT molecular complexity index is 658. The van der Waals surface area contributed by atoms with Crippen LogP contribution in [-0.4, -0.2) is 19.7 Å². The molecule has 0 bridgehead atoms. The van der Waals surface area contributed by atoms with Gasteiger partial charge in [-0.25, -0.2) is 9.97 Å². The Hall–Kier alpha value is -2.49. The number of aromatic nitrogens is 4. The molecule has 0 radical (unpaired) electrons. The fourth-order valence-corrected chi connectivity index (χ4v) is 1.96. The zero-order chi connectivity index (χ0) is 12.4. The summed E-state index contributed by atoms with van der Waals surface area (Å²) in [5.41, 5.74) is 4.35. The molecule has 0 fully saturated rings. The maximum atomic E-state index is 4.19. The first-order valence-corrected chi connectivity index (χ1v) is 5.68. The average molecular weight is 236 g/mol. The van der Waals surface area contributed by atoms with E-state index in [1.807, 2.05) is 36.3 Å². The van der Waals surface area contributed by atoms with Crippen LogP contribution in [0, 0.1) is 0 Å². The van der Waals surface area contributed by atoms with Crippen molar-refractivity contribution in [1.29, 1.82) is 0 Å². The van der Waals surface area contributed by atoms with Crippen molar-refractivity contribution in [2.45, 2.75) is 0 Å². The molecule has 2 aromatic heterocycles. The van der Waals surface area contributed by atoms with E-state index in [1.54, 1.807) is 6.20 Å². The predicted molar refractivity (Wildman–Crippen MR) is 69.7 cm³/mol. The van der Waals surface area contributed by atoms with Crippen molar-refractivity contribution < 1.29 is 0 Å². The Balaban J connectivity index is 2.08. The third-order valence-corrected chi connectivity index (χ3v) is 2.87. The zero-order valence-corrected chi connectivity index (χ0v) is 9.99. The molecule has 0 N–H and O–H groups in total. The normalized spacial score (nSPS) is 10.5. The van der Waals surface area contributed by atoms with Gasteiger partial charge in [-0.1, -0.05) is 18.2 Å². The van der Waals surface area contributed by atoms with Crippen molar-refractivity contribution in [3.8, 4) is 22.4 Å². The molecular weight excluding hydrogens is 224 g/mol. The number of nitrogens with zero attached hydrogens (tertiary/aromatic N) is 4. The van der Waals surface area contributed by atoms with E-state index in [-0.39, 0.29) is 0 Å². The van der Waals surface area contributed by atoms with E-state index in [0.29, 0.717) is 0 Å². The second-order valence-corrected chi connectivity index (χ2v) is 4.05. The summed E-state index contributed by atoms with van der Waals surface area (Å²) < 4.78 is 1.86. The molecule has 88 valence electrons. The van der Waals surface area contributed by atoms with Gasteiger partial charge in [-0.15, -0.1) is 0 Å². The summed E-state index contributed by atoms with van der Waals surface area (Å²) in [5.74, 6) is 0. The van der Waals surface area contributed by atoms with Crippen molar-refractivity contribution in [2.24, 2.45) is 7.05 Å². The van der Waals surface area contributed by atoms with Gasteiger partial charge in [0.15, 0.2) is 0 Å². The molecular formula is C14H12N4. The quantitative estimate of drug-likeness (QED) is 0.686. The lowest BCUT2D eigenvalue weighted by atomic mass is 10.0. The molecule has 0 saturated heterocycles. The van der Waals surface area contributed by atoms with Gasteiger partial charge in [0.1, 0.15) is 6.33 Å². The largest absolute Gasteiger partial charge is 0.268 e. The van der Waals surface area contributed by atoms with Crippen LogP contribution in [0.1, 0.15) is 0 Å². The van der Waals surface area contributed by atoms with Crippen LogP contribution in [0.3, 0.4) is 0 Å². The highest BCUT2D eigenvalue weighted by atomic mass is 15.2. The SMILES string of the molecule is Cn1nccc1-c1cccc(-c2cncnc2)c1. The Morgan fingerprint density at radius 1 is 0.944 bits per heavy atom. The molecule has 0 aliphatic carbocycles. The number of hydrogen-bond donors (Lipinski definition) is 0. The highest BCUT2D eigenvalue weighted by Gasteiger charge is 2.04. The smallest absolute Gasteiger partial charge is 0.115 e. The molecule has 0 unspecified atom stereocenters. The highest BCUT2D eigenvalue weighted by molar-refractivity contribution is 5.70. The van der Waals surface area contributed by atoms with E-state index < -0.39 is 0 Å². The highest BCUT2D eigenvalue weighted by Crippen LogP contribution is 2.24. The van der Waals surface area contributed by atoms with Gasteiger partial charge < -0.3 is 0 Å². The van der Waals surface area contributed by atoms with Crippen LogP contribution in [0.4, 0.5) is 0 Å². The van der Waals surface area contributed by atoms with Gasteiger partial charge in [-0.05, 0) is 17.7 Å². The number of benzene rings is 1. The molecule has 3 aromatic rings. The van der Waals surface area contributed by atoms with Crippen molar-refractivity contribution in [2.75, 3.05) is 0 Å². The summed E-state index contributed by atoms with van der Waals surface area (Å²) in [6.45, 7) is 0. The molecule has 0 atom stereocenters. The zero-order valence-electron chi connectivity index (χ0n) is 9.99. The molecule has 0 spiro atoms. The van der Waals surface area contributed by atoms with E-state index >= 15 is 0 Å². The number of aryl methyl sites for hydroxylation is 1. The van der Waals surface area contributed by atoms with Crippen LogP contribution in [0.5, 0.6) is 0 Å². The molecule has 2 heterocycles.